The van der Waals surface area contributed by atoms with Crippen molar-refractivity contribution >= 4 is 17.2 Å². The van der Waals surface area contributed by atoms with Gasteiger partial charge in [0.1, 0.15) is 0 Å². The van der Waals surface area contributed by atoms with Gasteiger partial charge in [0.25, 0.3) is 0 Å². The fourth-order valence-corrected chi connectivity index (χ4v) is 2.07. The van der Waals surface area contributed by atoms with Crippen LogP contribution in [-0.2, 0) is 0 Å². The molecule has 0 heterocycles. The summed E-state index contributed by atoms with van der Waals surface area (Å²) in [5.74, 6) is 0. The Morgan fingerprint density at radius 2 is 1.81 bits per heavy atom. The first-order chi connectivity index (χ1) is 7.67. The molecule has 94 valence electrons. The van der Waals surface area contributed by atoms with Crippen LogP contribution >= 0.6 is 12.2 Å². The van der Waals surface area contributed by atoms with Gasteiger partial charge in [-0.1, -0.05) is 26.1 Å². The van der Waals surface area contributed by atoms with E-state index in [-0.39, 0.29) is 0 Å². The van der Waals surface area contributed by atoms with Crippen LogP contribution in [0.2, 0.25) is 0 Å². The highest BCUT2D eigenvalue weighted by molar-refractivity contribution is 7.80. The Balaban J connectivity index is 2.24. The van der Waals surface area contributed by atoms with Gasteiger partial charge in [-0.15, -0.1) is 0 Å². The summed E-state index contributed by atoms with van der Waals surface area (Å²) in [4.78, 5) is 5.67. The largest absolute Gasteiger partial charge is 0.393 e. The quantitative estimate of drug-likeness (QED) is 0.622. The molecule has 0 saturated heterocycles. The third-order valence-corrected chi connectivity index (χ3v) is 3.51. The number of nitrogens with zero attached hydrogens (tertiary/aromatic N) is 2. The molecule has 1 saturated carbocycles. The van der Waals surface area contributed by atoms with Crippen molar-refractivity contribution in [3.05, 3.63) is 0 Å². The summed E-state index contributed by atoms with van der Waals surface area (Å²) in [5, 5.41) is 0. The monoisotopic (exact) mass is 243 g/mol. The summed E-state index contributed by atoms with van der Waals surface area (Å²) in [6.07, 6.45) is 3.58. The van der Waals surface area contributed by atoms with E-state index in [4.69, 9.17) is 18.0 Å². The minimum absolute atomic E-state index is 0.647. The van der Waals surface area contributed by atoms with Crippen molar-refractivity contribution in [2.75, 3.05) is 32.7 Å². The van der Waals surface area contributed by atoms with Gasteiger partial charge < -0.3 is 10.6 Å². The van der Waals surface area contributed by atoms with Gasteiger partial charge in [-0.25, -0.2) is 0 Å². The third-order valence-electron chi connectivity index (χ3n) is 3.31. The van der Waals surface area contributed by atoms with Crippen LogP contribution in [0.15, 0.2) is 0 Å². The van der Waals surface area contributed by atoms with E-state index < -0.39 is 0 Å². The van der Waals surface area contributed by atoms with Crippen molar-refractivity contribution in [3.63, 3.8) is 0 Å². The van der Waals surface area contributed by atoms with Crippen molar-refractivity contribution in [1.29, 1.82) is 0 Å². The Bertz CT molecular complexity index is 212. The van der Waals surface area contributed by atoms with Gasteiger partial charge in [0.2, 0.25) is 0 Å². The molecule has 0 aliphatic heterocycles. The Labute approximate surface area is 105 Å². The van der Waals surface area contributed by atoms with Crippen LogP contribution in [0.25, 0.3) is 0 Å². The predicted molar refractivity (Wildman–Crippen MR) is 73.8 cm³/mol. The summed E-state index contributed by atoms with van der Waals surface area (Å²) in [7, 11) is 0. The molecular formula is C12H25N3S. The lowest BCUT2D eigenvalue weighted by atomic mass is 10.3. The average molecular weight is 243 g/mol. The van der Waals surface area contributed by atoms with Gasteiger partial charge in [0, 0.05) is 32.1 Å². The van der Waals surface area contributed by atoms with E-state index in [1.54, 1.807) is 0 Å². The maximum atomic E-state index is 5.56. The standard InChI is InChI=1S/C12H25N3S/c1-3-14(4-2)9-10-15(11-5-6-11)8-7-12(13)16/h11H,3-10H2,1-2H3,(H2,13,16). The van der Waals surface area contributed by atoms with E-state index in [9.17, 15) is 0 Å². The predicted octanol–water partition coefficient (Wildman–Crippen LogP) is 1.47. The molecule has 4 heteroatoms. The van der Waals surface area contributed by atoms with Crippen LogP contribution in [0, 0.1) is 0 Å². The maximum Gasteiger partial charge on any atom is 0.0740 e. The molecule has 3 nitrogen and oxygen atoms in total. The number of hydrogen-bond acceptors (Lipinski definition) is 3. The van der Waals surface area contributed by atoms with E-state index >= 15 is 0 Å². The zero-order valence-corrected chi connectivity index (χ0v) is 11.4. The number of rotatable bonds is 9. The van der Waals surface area contributed by atoms with E-state index in [1.807, 2.05) is 0 Å². The molecule has 0 amide bonds. The Kier molecular flexibility index (Phi) is 6.24. The molecule has 0 atom stereocenters. The fourth-order valence-electron chi connectivity index (χ4n) is 1.98. The normalized spacial score (nSPS) is 16.0. The summed E-state index contributed by atoms with van der Waals surface area (Å²) in [6.45, 7) is 10.1. The van der Waals surface area contributed by atoms with E-state index in [0.29, 0.717) is 4.99 Å². The highest BCUT2D eigenvalue weighted by atomic mass is 32.1. The second-order valence-corrected chi connectivity index (χ2v) is 5.03. The highest BCUT2D eigenvalue weighted by Gasteiger charge is 2.28. The zero-order valence-electron chi connectivity index (χ0n) is 10.6. The number of nitrogens with two attached hydrogens (primary N) is 1. The second kappa shape index (κ2) is 7.20. The first-order valence-electron chi connectivity index (χ1n) is 6.42. The molecule has 0 radical (unpaired) electrons. The first kappa shape index (κ1) is 13.9. The Hall–Kier alpha value is -0.190. The summed E-state index contributed by atoms with van der Waals surface area (Å²) in [5.41, 5.74) is 5.56. The molecule has 0 bridgehead atoms. The van der Waals surface area contributed by atoms with Crippen molar-refractivity contribution in [1.82, 2.24) is 9.80 Å². The van der Waals surface area contributed by atoms with Gasteiger partial charge in [0.15, 0.2) is 0 Å². The van der Waals surface area contributed by atoms with E-state index in [2.05, 4.69) is 23.6 Å². The molecule has 1 fully saturated rings. The third kappa shape index (κ3) is 5.23. The Morgan fingerprint density at radius 1 is 1.19 bits per heavy atom. The van der Waals surface area contributed by atoms with Crippen LogP contribution in [-0.4, -0.2) is 53.6 Å². The smallest absolute Gasteiger partial charge is 0.0740 e. The maximum absolute atomic E-state index is 5.56. The second-order valence-electron chi connectivity index (χ2n) is 4.51. The minimum atomic E-state index is 0.647. The molecule has 0 spiro atoms. The summed E-state index contributed by atoms with van der Waals surface area (Å²) >= 11 is 4.94. The molecule has 0 aromatic carbocycles. The molecule has 2 N–H and O–H groups in total. The number of thiocarbonyl (C=S) groups is 1. The molecule has 0 aromatic heterocycles. The van der Waals surface area contributed by atoms with Gasteiger partial charge in [-0.2, -0.15) is 0 Å². The van der Waals surface area contributed by atoms with Crippen LogP contribution in [0.5, 0.6) is 0 Å². The molecule has 1 aliphatic rings. The minimum Gasteiger partial charge on any atom is -0.393 e. The van der Waals surface area contributed by atoms with E-state index in [0.717, 1.165) is 38.6 Å². The van der Waals surface area contributed by atoms with Gasteiger partial charge in [-0.3, -0.25) is 4.90 Å². The lowest BCUT2D eigenvalue weighted by Crippen LogP contribution is -2.37. The van der Waals surface area contributed by atoms with E-state index in [1.165, 1.54) is 19.4 Å². The van der Waals surface area contributed by atoms with Crippen molar-refractivity contribution in [2.24, 2.45) is 5.73 Å². The first-order valence-corrected chi connectivity index (χ1v) is 6.82. The molecule has 1 rings (SSSR count). The van der Waals surface area contributed by atoms with Gasteiger partial charge in [-0.05, 0) is 25.9 Å². The molecule has 1 aliphatic carbocycles. The number of likely N-dealkylation sites (N-methyl/N-ethyl adjacent to an activating group) is 1. The van der Waals surface area contributed by atoms with Crippen molar-refractivity contribution in [2.45, 2.75) is 39.2 Å². The number of hydrogen-bond donors (Lipinski definition) is 1. The summed E-state index contributed by atoms with van der Waals surface area (Å²) < 4.78 is 0. The molecule has 0 aromatic rings. The Morgan fingerprint density at radius 3 is 2.25 bits per heavy atom. The highest BCUT2D eigenvalue weighted by Crippen LogP contribution is 2.26. The van der Waals surface area contributed by atoms with Crippen LogP contribution < -0.4 is 5.73 Å². The topological polar surface area (TPSA) is 32.5 Å². The van der Waals surface area contributed by atoms with Gasteiger partial charge in [0.05, 0.1) is 4.99 Å². The average Bonchev–Trinajstić information content (AvgIpc) is 3.07. The molecule has 0 unspecified atom stereocenters. The van der Waals surface area contributed by atoms with Crippen LogP contribution in [0.1, 0.15) is 33.1 Å². The van der Waals surface area contributed by atoms with Crippen molar-refractivity contribution < 1.29 is 0 Å². The lowest BCUT2D eigenvalue weighted by Gasteiger charge is -2.26. The van der Waals surface area contributed by atoms with Crippen molar-refractivity contribution in [3.8, 4) is 0 Å². The SMILES string of the molecule is CCN(CC)CCN(CCC(N)=S)C1CC1. The molecular weight excluding hydrogens is 218 g/mol. The molecule has 16 heavy (non-hydrogen) atoms. The van der Waals surface area contributed by atoms with Gasteiger partial charge >= 0.3 is 0 Å². The van der Waals surface area contributed by atoms with Crippen LogP contribution in [0.4, 0.5) is 0 Å². The fraction of sp³-hybridized carbons (Fsp3) is 0.917. The zero-order chi connectivity index (χ0) is 12.0. The lowest BCUT2D eigenvalue weighted by molar-refractivity contribution is 0.211. The summed E-state index contributed by atoms with van der Waals surface area (Å²) in [6, 6.07) is 0.810. The van der Waals surface area contributed by atoms with Crippen LogP contribution in [0.3, 0.4) is 0 Å².